The normalized spacial score (nSPS) is 15.4. The number of halogens is 2. The third kappa shape index (κ3) is 4.29. The molecule has 4 aromatic rings. The quantitative estimate of drug-likeness (QED) is 0.366. The molecule has 1 aliphatic heterocycles. The number of aryl methyl sites for hydroxylation is 1. The van der Waals surface area contributed by atoms with E-state index in [4.69, 9.17) is 16.0 Å². The van der Waals surface area contributed by atoms with Crippen molar-refractivity contribution >= 4 is 17.5 Å². The molecular weight excluding hydrogens is 439 g/mol. The largest absolute Gasteiger partial charge is 0.441 e. The van der Waals surface area contributed by atoms with Gasteiger partial charge in [-0.1, -0.05) is 54.1 Å². The van der Waals surface area contributed by atoms with E-state index in [0.29, 0.717) is 34.5 Å². The molecule has 0 bridgehead atoms. The summed E-state index contributed by atoms with van der Waals surface area (Å²) >= 11 is 6.11. The zero-order chi connectivity index (χ0) is 22.9. The Kier molecular flexibility index (Phi) is 5.73. The lowest BCUT2D eigenvalue weighted by atomic mass is 9.88. The van der Waals surface area contributed by atoms with E-state index in [9.17, 15) is 9.18 Å². The lowest BCUT2D eigenvalue weighted by molar-refractivity contribution is -0.132. The SMILES string of the molecule is Cc1oc(-c2cccc(F)c2)nc1CC(=O)N1CCc2ccccc2C1c1ccc(Cl)cc1. The van der Waals surface area contributed by atoms with Crippen LogP contribution >= 0.6 is 11.6 Å². The molecule has 2 heterocycles. The summed E-state index contributed by atoms with van der Waals surface area (Å²) in [7, 11) is 0. The number of aromatic nitrogens is 1. The molecule has 0 saturated heterocycles. The fraction of sp³-hybridized carbons (Fsp3) is 0.185. The molecule has 1 aliphatic rings. The summed E-state index contributed by atoms with van der Waals surface area (Å²) in [6.45, 7) is 2.39. The van der Waals surface area contributed by atoms with E-state index in [1.807, 2.05) is 41.3 Å². The van der Waals surface area contributed by atoms with Gasteiger partial charge in [-0.25, -0.2) is 9.37 Å². The van der Waals surface area contributed by atoms with Crippen LogP contribution in [0.2, 0.25) is 5.02 Å². The summed E-state index contributed by atoms with van der Waals surface area (Å²) in [4.78, 5) is 20.0. The number of amides is 1. The van der Waals surface area contributed by atoms with E-state index in [1.165, 1.54) is 17.7 Å². The maximum Gasteiger partial charge on any atom is 0.229 e. The molecule has 166 valence electrons. The summed E-state index contributed by atoms with van der Waals surface area (Å²) in [5.41, 5.74) is 4.48. The number of hydrogen-bond donors (Lipinski definition) is 0. The van der Waals surface area contributed by atoms with Crippen LogP contribution in [0.3, 0.4) is 0 Å². The van der Waals surface area contributed by atoms with Gasteiger partial charge >= 0.3 is 0 Å². The van der Waals surface area contributed by atoms with Gasteiger partial charge in [0.2, 0.25) is 11.8 Å². The van der Waals surface area contributed by atoms with Crippen LogP contribution in [0.1, 0.15) is 34.2 Å². The molecule has 1 atom stereocenters. The number of carbonyl (C=O) groups is 1. The zero-order valence-corrected chi connectivity index (χ0v) is 18.8. The van der Waals surface area contributed by atoms with E-state index in [0.717, 1.165) is 17.5 Å². The molecule has 0 saturated carbocycles. The minimum absolute atomic E-state index is 0.0355. The fourth-order valence-corrected chi connectivity index (χ4v) is 4.55. The van der Waals surface area contributed by atoms with E-state index < -0.39 is 0 Å². The Hall–Kier alpha value is -3.44. The first-order valence-electron chi connectivity index (χ1n) is 10.8. The van der Waals surface area contributed by atoms with E-state index in [2.05, 4.69) is 17.1 Å². The molecule has 4 nitrogen and oxygen atoms in total. The number of carbonyl (C=O) groups excluding carboxylic acids is 1. The highest BCUT2D eigenvalue weighted by Crippen LogP contribution is 2.36. The molecule has 33 heavy (non-hydrogen) atoms. The number of hydrogen-bond acceptors (Lipinski definition) is 3. The highest BCUT2D eigenvalue weighted by Gasteiger charge is 2.32. The number of fused-ring (bicyclic) bond motifs is 1. The minimum Gasteiger partial charge on any atom is -0.441 e. The van der Waals surface area contributed by atoms with Crippen LogP contribution in [0, 0.1) is 12.7 Å². The van der Waals surface area contributed by atoms with Gasteiger partial charge in [0.25, 0.3) is 0 Å². The number of oxazole rings is 1. The number of rotatable bonds is 4. The molecule has 0 spiro atoms. The van der Waals surface area contributed by atoms with Gasteiger partial charge in [0.15, 0.2) is 0 Å². The van der Waals surface area contributed by atoms with Gasteiger partial charge in [-0.05, 0) is 60.4 Å². The monoisotopic (exact) mass is 460 g/mol. The highest BCUT2D eigenvalue weighted by atomic mass is 35.5. The molecule has 0 fully saturated rings. The zero-order valence-electron chi connectivity index (χ0n) is 18.1. The first-order valence-corrected chi connectivity index (χ1v) is 11.2. The molecule has 0 aliphatic carbocycles. The van der Waals surface area contributed by atoms with Crippen molar-refractivity contribution in [2.45, 2.75) is 25.8 Å². The van der Waals surface area contributed by atoms with Crippen molar-refractivity contribution in [3.8, 4) is 11.5 Å². The van der Waals surface area contributed by atoms with Crippen LogP contribution in [-0.2, 0) is 17.6 Å². The summed E-state index contributed by atoms with van der Waals surface area (Å²) in [6, 6.07) is 21.8. The number of nitrogens with zero attached hydrogens (tertiary/aromatic N) is 2. The van der Waals surface area contributed by atoms with Crippen molar-refractivity contribution in [1.82, 2.24) is 9.88 Å². The summed E-state index contributed by atoms with van der Waals surface area (Å²) in [5.74, 6) is 0.474. The van der Waals surface area contributed by atoms with Gasteiger partial charge in [-0.2, -0.15) is 0 Å². The smallest absolute Gasteiger partial charge is 0.229 e. The molecule has 3 aromatic carbocycles. The predicted octanol–water partition coefficient (Wildman–Crippen LogP) is 6.16. The fourth-order valence-electron chi connectivity index (χ4n) is 4.42. The third-order valence-corrected chi connectivity index (χ3v) is 6.32. The Morgan fingerprint density at radius 2 is 1.91 bits per heavy atom. The van der Waals surface area contributed by atoms with Crippen LogP contribution in [0.4, 0.5) is 4.39 Å². The maximum absolute atomic E-state index is 13.6. The van der Waals surface area contributed by atoms with Crippen molar-refractivity contribution in [2.24, 2.45) is 0 Å². The Bertz CT molecular complexity index is 1320. The van der Waals surface area contributed by atoms with E-state index >= 15 is 0 Å². The summed E-state index contributed by atoms with van der Waals surface area (Å²) in [6.07, 6.45) is 0.898. The molecule has 1 aromatic heterocycles. The summed E-state index contributed by atoms with van der Waals surface area (Å²) < 4.78 is 19.4. The third-order valence-electron chi connectivity index (χ3n) is 6.07. The molecule has 6 heteroatoms. The van der Waals surface area contributed by atoms with Gasteiger partial charge in [0.1, 0.15) is 11.6 Å². The second-order valence-corrected chi connectivity index (χ2v) is 8.64. The van der Waals surface area contributed by atoms with Crippen LogP contribution < -0.4 is 0 Å². The molecule has 1 unspecified atom stereocenters. The van der Waals surface area contributed by atoms with E-state index in [1.54, 1.807) is 19.1 Å². The average Bonchev–Trinajstić information content (AvgIpc) is 3.19. The molecular formula is C27H22ClFN2O2. The first kappa shape index (κ1) is 21.4. The Labute approximate surface area is 196 Å². The van der Waals surface area contributed by atoms with Crippen molar-refractivity contribution in [3.05, 3.63) is 112 Å². The summed E-state index contributed by atoms with van der Waals surface area (Å²) in [5, 5.41) is 0.656. The lowest BCUT2D eigenvalue weighted by Gasteiger charge is -2.38. The van der Waals surface area contributed by atoms with E-state index in [-0.39, 0.29) is 24.2 Å². The second-order valence-electron chi connectivity index (χ2n) is 8.20. The molecule has 1 amide bonds. The average molecular weight is 461 g/mol. The predicted molar refractivity (Wildman–Crippen MR) is 125 cm³/mol. The standard InChI is InChI=1S/C27H22ClFN2O2/c1-17-24(30-27(33-17)20-6-4-7-22(29)15-20)16-25(32)31-14-13-18-5-2-3-8-23(18)26(31)19-9-11-21(28)12-10-19/h2-12,15,26H,13-14,16H2,1H3. The van der Waals surface area contributed by atoms with Crippen molar-refractivity contribution in [1.29, 1.82) is 0 Å². The highest BCUT2D eigenvalue weighted by molar-refractivity contribution is 6.30. The Balaban J connectivity index is 1.46. The molecule has 0 radical (unpaired) electrons. The lowest BCUT2D eigenvalue weighted by Crippen LogP contribution is -2.41. The Morgan fingerprint density at radius 1 is 1.12 bits per heavy atom. The first-order chi connectivity index (χ1) is 16.0. The molecule has 5 rings (SSSR count). The van der Waals surface area contributed by atoms with Crippen LogP contribution in [-0.4, -0.2) is 22.3 Å². The van der Waals surface area contributed by atoms with Gasteiger partial charge in [0, 0.05) is 17.1 Å². The number of benzene rings is 3. The van der Waals surface area contributed by atoms with Crippen LogP contribution in [0.25, 0.3) is 11.5 Å². The van der Waals surface area contributed by atoms with Gasteiger partial charge in [0.05, 0.1) is 18.2 Å². The van der Waals surface area contributed by atoms with Gasteiger partial charge in [-0.15, -0.1) is 0 Å². The van der Waals surface area contributed by atoms with Gasteiger partial charge < -0.3 is 9.32 Å². The minimum atomic E-state index is -0.362. The van der Waals surface area contributed by atoms with Crippen molar-refractivity contribution in [2.75, 3.05) is 6.54 Å². The van der Waals surface area contributed by atoms with Crippen LogP contribution in [0.15, 0.2) is 77.2 Å². The topological polar surface area (TPSA) is 46.3 Å². The van der Waals surface area contributed by atoms with Crippen molar-refractivity contribution < 1.29 is 13.6 Å². The van der Waals surface area contributed by atoms with Gasteiger partial charge in [-0.3, -0.25) is 4.79 Å². The van der Waals surface area contributed by atoms with Crippen LogP contribution in [0.5, 0.6) is 0 Å². The molecule has 0 N–H and O–H groups in total. The second kappa shape index (κ2) is 8.83. The Morgan fingerprint density at radius 3 is 2.70 bits per heavy atom. The maximum atomic E-state index is 13.6. The van der Waals surface area contributed by atoms with Crippen molar-refractivity contribution in [3.63, 3.8) is 0 Å².